The number of anilines is 1. The molecule has 1 heterocycles. The molecule has 0 aliphatic carbocycles. The van der Waals surface area contributed by atoms with Crippen molar-refractivity contribution in [1.29, 1.82) is 0 Å². The first-order valence-electron chi connectivity index (χ1n) is 8.23. The molecule has 0 saturated heterocycles. The lowest BCUT2D eigenvalue weighted by atomic mass is 10.1. The third-order valence-corrected chi connectivity index (χ3v) is 4.60. The Labute approximate surface area is 161 Å². The maximum atomic E-state index is 11.6. The molecule has 0 saturated carbocycles. The number of rotatable bonds is 6. The highest BCUT2D eigenvalue weighted by Gasteiger charge is 2.07. The van der Waals surface area contributed by atoms with Crippen molar-refractivity contribution >= 4 is 38.4 Å². The van der Waals surface area contributed by atoms with Crippen molar-refractivity contribution in [2.24, 2.45) is 0 Å². The Morgan fingerprint density at radius 2 is 2.00 bits per heavy atom. The largest absolute Gasteiger partial charge is 0.484 e. The fourth-order valence-electron chi connectivity index (χ4n) is 2.51. The summed E-state index contributed by atoms with van der Waals surface area (Å²) in [6.45, 7) is 0.678. The number of carbonyl (C=O) groups excluding carboxylic acids is 1. The summed E-state index contributed by atoms with van der Waals surface area (Å²) < 4.78 is 6.54. The molecule has 3 rings (SSSR count). The van der Waals surface area contributed by atoms with Crippen LogP contribution in [0.1, 0.15) is 5.56 Å². The molecule has 3 aromatic rings. The number of carbonyl (C=O) groups is 1. The second-order valence-corrected chi connectivity index (χ2v) is 6.93. The Bertz CT molecular complexity index is 928. The summed E-state index contributed by atoms with van der Waals surface area (Å²) >= 11 is 3.54. The zero-order valence-corrected chi connectivity index (χ0v) is 16.3. The number of hydrogen-bond donors (Lipinski definition) is 1. The van der Waals surface area contributed by atoms with Gasteiger partial charge in [-0.05, 0) is 45.8 Å². The lowest BCUT2D eigenvalue weighted by Gasteiger charge is -2.13. The smallest absolute Gasteiger partial charge is 0.259 e. The third-order valence-electron chi connectivity index (χ3n) is 3.96. The summed E-state index contributed by atoms with van der Waals surface area (Å²) in [5.74, 6) is 0.615. The van der Waals surface area contributed by atoms with Crippen LogP contribution in [-0.2, 0) is 11.3 Å². The van der Waals surface area contributed by atoms with Gasteiger partial charge in [0.1, 0.15) is 5.75 Å². The zero-order valence-electron chi connectivity index (χ0n) is 14.7. The van der Waals surface area contributed by atoms with Crippen LogP contribution in [0.2, 0.25) is 0 Å². The summed E-state index contributed by atoms with van der Waals surface area (Å²) in [5.41, 5.74) is 3.02. The number of benzene rings is 2. The van der Waals surface area contributed by atoms with Gasteiger partial charge >= 0.3 is 0 Å². The second-order valence-electron chi connectivity index (χ2n) is 6.07. The van der Waals surface area contributed by atoms with Gasteiger partial charge in [0.15, 0.2) is 6.61 Å². The van der Waals surface area contributed by atoms with Crippen LogP contribution in [0.5, 0.6) is 5.75 Å². The molecule has 1 N–H and O–H groups in total. The molecule has 0 aliphatic heterocycles. The van der Waals surface area contributed by atoms with Gasteiger partial charge in [0.25, 0.3) is 5.91 Å². The zero-order chi connectivity index (χ0) is 18.5. The summed E-state index contributed by atoms with van der Waals surface area (Å²) in [5, 5.41) is 4.51. The summed E-state index contributed by atoms with van der Waals surface area (Å²) in [6.07, 6.45) is 1.79. The van der Waals surface area contributed by atoms with Gasteiger partial charge < -0.3 is 15.0 Å². The van der Waals surface area contributed by atoms with E-state index in [0.29, 0.717) is 12.3 Å². The highest BCUT2D eigenvalue weighted by Crippen LogP contribution is 2.27. The van der Waals surface area contributed by atoms with E-state index in [4.69, 9.17) is 4.74 Å². The van der Waals surface area contributed by atoms with E-state index in [0.717, 1.165) is 26.6 Å². The van der Waals surface area contributed by atoms with Crippen LogP contribution in [-0.4, -0.2) is 36.5 Å². The highest BCUT2D eigenvalue weighted by atomic mass is 79.9. The molecule has 1 aromatic heterocycles. The summed E-state index contributed by atoms with van der Waals surface area (Å²) in [6, 6.07) is 15.7. The summed E-state index contributed by atoms with van der Waals surface area (Å²) in [7, 11) is 3.42. The fraction of sp³-hybridized carbons (Fsp3) is 0.200. The molecule has 0 atom stereocenters. The predicted octanol–water partition coefficient (Wildman–Crippen LogP) is 4.08. The topological polar surface area (TPSA) is 54.5 Å². The number of halogens is 1. The Balaban J connectivity index is 1.70. The first-order valence-corrected chi connectivity index (χ1v) is 9.03. The number of pyridine rings is 1. The number of fused-ring (bicyclic) bond motifs is 1. The Hall–Kier alpha value is -2.60. The van der Waals surface area contributed by atoms with E-state index in [-0.39, 0.29) is 12.5 Å². The fourth-order valence-corrected chi connectivity index (χ4v) is 2.98. The molecule has 5 nitrogen and oxygen atoms in total. The number of aromatic nitrogens is 1. The van der Waals surface area contributed by atoms with Crippen molar-refractivity contribution in [1.82, 2.24) is 9.88 Å². The van der Waals surface area contributed by atoms with Gasteiger partial charge in [0, 0.05) is 42.4 Å². The quantitative estimate of drug-likeness (QED) is 0.661. The van der Waals surface area contributed by atoms with Gasteiger partial charge in [0.05, 0.1) is 5.52 Å². The van der Waals surface area contributed by atoms with Crippen molar-refractivity contribution in [3.63, 3.8) is 0 Å². The molecular weight excluding hydrogens is 394 g/mol. The van der Waals surface area contributed by atoms with Crippen molar-refractivity contribution in [2.75, 3.05) is 26.0 Å². The minimum absolute atomic E-state index is 0.0346. The number of hydrogen-bond acceptors (Lipinski definition) is 4. The number of nitrogens with one attached hydrogen (secondary N) is 1. The van der Waals surface area contributed by atoms with Gasteiger partial charge in [-0.15, -0.1) is 0 Å². The average Bonchev–Trinajstić information content (AvgIpc) is 2.65. The first-order chi connectivity index (χ1) is 12.5. The van der Waals surface area contributed by atoms with E-state index in [9.17, 15) is 4.79 Å². The van der Waals surface area contributed by atoms with E-state index in [1.54, 1.807) is 20.3 Å². The maximum absolute atomic E-state index is 11.6. The molecule has 1 amide bonds. The number of para-hydroxylation sites is 1. The molecule has 0 fully saturated rings. The van der Waals surface area contributed by atoms with Gasteiger partial charge in [0.2, 0.25) is 0 Å². The lowest BCUT2D eigenvalue weighted by molar-refractivity contribution is -0.130. The van der Waals surface area contributed by atoms with E-state index < -0.39 is 0 Å². The number of nitrogens with zero attached hydrogens (tertiary/aromatic N) is 2. The van der Waals surface area contributed by atoms with Crippen LogP contribution in [0.25, 0.3) is 10.9 Å². The van der Waals surface area contributed by atoms with Gasteiger partial charge in [-0.25, -0.2) is 0 Å². The van der Waals surface area contributed by atoms with Gasteiger partial charge in [-0.3, -0.25) is 9.78 Å². The van der Waals surface area contributed by atoms with E-state index in [2.05, 4.69) is 26.2 Å². The molecule has 26 heavy (non-hydrogen) atoms. The van der Waals surface area contributed by atoms with Crippen molar-refractivity contribution in [2.45, 2.75) is 6.54 Å². The number of likely N-dealkylation sites (N-methyl/N-ethyl adjacent to an activating group) is 1. The number of amides is 1. The first kappa shape index (κ1) is 18.2. The van der Waals surface area contributed by atoms with E-state index in [1.165, 1.54) is 4.90 Å². The number of ether oxygens (including phenoxy) is 1. The highest BCUT2D eigenvalue weighted by molar-refractivity contribution is 9.10. The summed E-state index contributed by atoms with van der Waals surface area (Å²) in [4.78, 5) is 17.6. The Morgan fingerprint density at radius 3 is 2.81 bits per heavy atom. The van der Waals surface area contributed by atoms with Crippen LogP contribution in [0, 0.1) is 0 Å². The molecule has 6 heteroatoms. The maximum Gasteiger partial charge on any atom is 0.259 e. The molecule has 2 aromatic carbocycles. The molecule has 0 spiro atoms. The predicted molar refractivity (Wildman–Crippen MR) is 107 cm³/mol. The van der Waals surface area contributed by atoms with Gasteiger partial charge in [-0.1, -0.05) is 24.3 Å². The molecular formula is C20H20BrN3O2. The molecule has 0 aliphatic rings. The average molecular weight is 414 g/mol. The van der Waals surface area contributed by atoms with Crippen molar-refractivity contribution in [3.8, 4) is 5.75 Å². The molecule has 0 unspecified atom stereocenters. The van der Waals surface area contributed by atoms with Gasteiger partial charge in [-0.2, -0.15) is 0 Å². The SMILES string of the molecule is CN(C)C(=O)COc1cccc(CNc2ccnc3c(Br)cccc23)c1. The van der Waals surface area contributed by atoms with E-state index in [1.807, 2.05) is 48.5 Å². The van der Waals surface area contributed by atoms with Crippen molar-refractivity contribution in [3.05, 3.63) is 64.8 Å². The van der Waals surface area contributed by atoms with Crippen molar-refractivity contribution < 1.29 is 9.53 Å². The van der Waals surface area contributed by atoms with E-state index >= 15 is 0 Å². The molecule has 134 valence electrons. The molecule has 0 bridgehead atoms. The molecule has 0 radical (unpaired) electrons. The van der Waals surface area contributed by atoms with Crippen LogP contribution < -0.4 is 10.1 Å². The van der Waals surface area contributed by atoms with Crippen LogP contribution in [0.4, 0.5) is 5.69 Å². The minimum atomic E-state index is -0.0673. The normalized spacial score (nSPS) is 10.6. The third kappa shape index (κ3) is 4.32. The minimum Gasteiger partial charge on any atom is -0.484 e. The van der Waals surface area contributed by atoms with Crippen LogP contribution >= 0.6 is 15.9 Å². The van der Waals surface area contributed by atoms with Crippen LogP contribution in [0.15, 0.2) is 59.2 Å². The monoisotopic (exact) mass is 413 g/mol. The Kier molecular flexibility index (Phi) is 5.73. The second kappa shape index (κ2) is 8.19. The van der Waals surface area contributed by atoms with Crippen LogP contribution in [0.3, 0.4) is 0 Å². The standard InChI is InChI=1S/C20H20BrN3O2/c1-24(2)19(25)13-26-15-6-3-5-14(11-15)12-23-18-9-10-22-20-16(18)7-4-8-17(20)21/h3-11H,12-13H2,1-2H3,(H,22,23). The Morgan fingerprint density at radius 1 is 1.19 bits per heavy atom. The lowest BCUT2D eigenvalue weighted by Crippen LogP contribution is -2.27.